The number of aromatic nitrogens is 2. The molecule has 1 rings (SSSR count). The molecule has 0 saturated heterocycles. The summed E-state index contributed by atoms with van der Waals surface area (Å²) >= 11 is 3.25. The molecule has 1 aromatic heterocycles. The molecule has 0 spiro atoms. The summed E-state index contributed by atoms with van der Waals surface area (Å²) in [5.41, 5.74) is 5.64. The Morgan fingerprint density at radius 1 is 1.46 bits per heavy atom. The fourth-order valence-corrected chi connectivity index (χ4v) is 1.22. The van der Waals surface area contributed by atoms with Crippen molar-refractivity contribution in [2.24, 2.45) is 0 Å². The highest BCUT2D eigenvalue weighted by Gasteiger charge is 2.06. The second kappa shape index (κ2) is 4.41. The Kier molecular flexibility index (Phi) is 3.48. The molecule has 0 radical (unpaired) electrons. The van der Waals surface area contributed by atoms with Crippen molar-refractivity contribution in [2.75, 3.05) is 23.7 Å². The summed E-state index contributed by atoms with van der Waals surface area (Å²) in [6.07, 6.45) is 1.68. The summed E-state index contributed by atoms with van der Waals surface area (Å²) in [5, 5.41) is 0. The van der Waals surface area contributed by atoms with Crippen molar-refractivity contribution in [3.63, 3.8) is 0 Å². The van der Waals surface area contributed by atoms with E-state index in [1.54, 1.807) is 6.20 Å². The van der Waals surface area contributed by atoms with E-state index >= 15 is 0 Å². The van der Waals surface area contributed by atoms with Crippen LogP contribution in [0.5, 0.6) is 0 Å². The number of hydrogen-bond acceptors (Lipinski definition) is 4. The van der Waals surface area contributed by atoms with E-state index in [1.165, 1.54) is 0 Å². The van der Waals surface area contributed by atoms with Crippen LogP contribution < -0.4 is 10.6 Å². The topological polar surface area (TPSA) is 55.0 Å². The van der Waals surface area contributed by atoms with Gasteiger partial charge in [-0.15, -0.1) is 0 Å². The maximum atomic E-state index is 5.64. The lowest BCUT2D eigenvalue weighted by Crippen LogP contribution is -2.24. The van der Waals surface area contributed by atoms with Gasteiger partial charge in [0.2, 0.25) is 5.95 Å². The van der Waals surface area contributed by atoms with E-state index in [-0.39, 0.29) is 0 Å². The van der Waals surface area contributed by atoms with E-state index in [0.29, 0.717) is 11.8 Å². The highest BCUT2D eigenvalue weighted by Crippen LogP contribution is 2.18. The van der Waals surface area contributed by atoms with E-state index in [0.717, 1.165) is 17.6 Å². The number of halogens is 1. The zero-order valence-corrected chi connectivity index (χ0v) is 9.37. The third-order valence-corrected chi connectivity index (χ3v) is 2.42. The standard InChI is InChI=1S/C8H13BrN4/c1-3-13(4-2)8-11-5-6(9)7(10)12-8/h5H,3-4H2,1-2H3,(H2,10,11,12). The van der Waals surface area contributed by atoms with E-state index in [9.17, 15) is 0 Å². The van der Waals surface area contributed by atoms with Crippen molar-refractivity contribution in [1.29, 1.82) is 0 Å². The maximum Gasteiger partial charge on any atom is 0.227 e. The fraction of sp³-hybridized carbons (Fsp3) is 0.500. The zero-order chi connectivity index (χ0) is 9.84. The molecular formula is C8H13BrN4. The van der Waals surface area contributed by atoms with Crippen molar-refractivity contribution in [1.82, 2.24) is 9.97 Å². The number of rotatable bonds is 3. The monoisotopic (exact) mass is 244 g/mol. The first-order valence-corrected chi connectivity index (χ1v) is 5.01. The first kappa shape index (κ1) is 10.2. The average Bonchev–Trinajstić information content (AvgIpc) is 2.13. The van der Waals surface area contributed by atoms with Gasteiger partial charge in [0.05, 0.1) is 4.47 Å². The lowest BCUT2D eigenvalue weighted by molar-refractivity contribution is 0.821. The minimum Gasteiger partial charge on any atom is -0.383 e. The molecule has 0 saturated carbocycles. The highest BCUT2D eigenvalue weighted by atomic mass is 79.9. The summed E-state index contributed by atoms with van der Waals surface area (Å²) in [7, 11) is 0. The molecule has 4 nitrogen and oxygen atoms in total. The normalized spacial score (nSPS) is 10.1. The van der Waals surface area contributed by atoms with Gasteiger partial charge in [-0.3, -0.25) is 0 Å². The van der Waals surface area contributed by atoms with Gasteiger partial charge in [0.1, 0.15) is 5.82 Å². The van der Waals surface area contributed by atoms with Crippen LogP contribution in [0, 0.1) is 0 Å². The molecule has 0 amide bonds. The van der Waals surface area contributed by atoms with Crippen LogP contribution in [-0.2, 0) is 0 Å². The van der Waals surface area contributed by atoms with Gasteiger partial charge < -0.3 is 10.6 Å². The van der Waals surface area contributed by atoms with Crippen LogP contribution in [0.2, 0.25) is 0 Å². The molecule has 2 N–H and O–H groups in total. The average molecular weight is 245 g/mol. The number of hydrogen-bond donors (Lipinski definition) is 1. The third kappa shape index (κ3) is 2.30. The number of nitrogens with two attached hydrogens (primary N) is 1. The lowest BCUT2D eigenvalue weighted by Gasteiger charge is -2.18. The summed E-state index contributed by atoms with van der Waals surface area (Å²) in [5.74, 6) is 1.17. The number of anilines is 2. The predicted octanol–water partition coefficient (Wildman–Crippen LogP) is 1.67. The fourth-order valence-electron chi connectivity index (χ4n) is 1.03. The first-order chi connectivity index (χ1) is 6.19. The molecule has 0 aliphatic rings. The molecule has 0 atom stereocenters. The van der Waals surface area contributed by atoms with Crippen LogP contribution >= 0.6 is 15.9 Å². The van der Waals surface area contributed by atoms with Gasteiger partial charge in [0.25, 0.3) is 0 Å². The Hall–Kier alpha value is -0.840. The van der Waals surface area contributed by atoms with Crippen LogP contribution in [0.4, 0.5) is 11.8 Å². The molecule has 0 unspecified atom stereocenters. The molecule has 72 valence electrons. The van der Waals surface area contributed by atoms with Crippen molar-refractivity contribution in [3.05, 3.63) is 10.7 Å². The van der Waals surface area contributed by atoms with Crippen LogP contribution in [0.25, 0.3) is 0 Å². The largest absolute Gasteiger partial charge is 0.383 e. The first-order valence-electron chi connectivity index (χ1n) is 4.22. The Morgan fingerprint density at radius 3 is 2.54 bits per heavy atom. The van der Waals surface area contributed by atoms with Gasteiger partial charge in [-0.25, -0.2) is 4.98 Å². The summed E-state index contributed by atoms with van der Waals surface area (Å²) in [4.78, 5) is 10.4. The summed E-state index contributed by atoms with van der Waals surface area (Å²) < 4.78 is 0.739. The van der Waals surface area contributed by atoms with Crippen molar-refractivity contribution < 1.29 is 0 Å². The zero-order valence-electron chi connectivity index (χ0n) is 7.79. The van der Waals surface area contributed by atoms with E-state index in [4.69, 9.17) is 5.73 Å². The maximum absolute atomic E-state index is 5.64. The molecule has 1 heterocycles. The molecule has 13 heavy (non-hydrogen) atoms. The van der Waals surface area contributed by atoms with Gasteiger partial charge in [-0.1, -0.05) is 0 Å². The number of nitrogens with zero attached hydrogens (tertiary/aromatic N) is 3. The smallest absolute Gasteiger partial charge is 0.227 e. The second-order valence-electron chi connectivity index (χ2n) is 2.58. The summed E-state index contributed by atoms with van der Waals surface area (Å²) in [6, 6.07) is 0. The van der Waals surface area contributed by atoms with Crippen molar-refractivity contribution in [2.45, 2.75) is 13.8 Å². The van der Waals surface area contributed by atoms with Crippen molar-refractivity contribution in [3.8, 4) is 0 Å². The Bertz CT molecular complexity index is 285. The second-order valence-corrected chi connectivity index (χ2v) is 3.43. The van der Waals surface area contributed by atoms with E-state index in [2.05, 4.69) is 39.7 Å². The van der Waals surface area contributed by atoms with Gasteiger partial charge in [0.15, 0.2) is 0 Å². The van der Waals surface area contributed by atoms with Crippen LogP contribution in [0.3, 0.4) is 0 Å². The van der Waals surface area contributed by atoms with Gasteiger partial charge in [0, 0.05) is 19.3 Å². The summed E-state index contributed by atoms with van der Waals surface area (Å²) in [6.45, 7) is 5.89. The Balaban J connectivity index is 2.95. The third-order valence-electron chi connectivity index (χ3n) is 1.80. The molecule has 1 aromatic rings. The number of nitrogen functional groups attached to an aromatic ring is 1. The molecule has 0 aromatic carbocycles. The van der Waals surface area contributed by atoms with E-state index < -0.39 is 0 Å². The lowest BCUT2D eigenvalue weighted by atomic mass is 10.5. The van der Waals surface area contributed by atoms with Crippen LogP contribution in [0.1, 0.15) is 13.8 Å². The predicted molar refractivity (Wildman–Crippen MR) is 57.7 cm³/mol. The molecule has 0 aliphatic carbocycles. The molecule has 0 fully saturated rings. The van der Waals surface area contributed by atoms with Crippen LogP contribution in [-0.4, -0.2) is 23.1 Å². The molecule has 5 heteroatoms. The minimum absolute atomic E-state index is 0.483. The Labute approximate surface area is 86.3 Å². The van der Waals surface area contributed by atoms with Crippen LogP contribution in [0.15, 0.2) is 10.7 Å². The van der Waals surface area contributed by atoms with Gasteiger partial charge in [-0.2, -0.15) is 4.98 Å². The quantitative estimate of drug-likeness (QED) is 0.879. The van der Waals surface area contributed by atoms with E-state index in [1.807, 2.05) is 4.90 Å². The minimum atomic E-state index is 0.483. The highest BCUT2D eigenvalue weighted by molar-refractivity contribution is 9.10. The van der Waals surface area contributed by atoms with Crippen molar-refractivity contribution >= 4 is 27.7 Å². The van der Waals surface area contributed by atoms with Gasteiger partial charge in [-0.05, 0) is 29.8 Å². The van der Waals surface area contributed by atoms with Gasteiger partial charge >= 0.3 is 0 Å². The molecular weight excluding hydrogens is 232 g/mol. The molecule has 0 bridgehead atoms. The molecule has 0 aliphatic heterocycles. The SMILES string of the molecule is CCN(CC)c1ncc(Br)c(N)n1. The Morgan fingerprint density at radius 2 is 2.08 bits per heavy atom.